The van der Waals surface area contributed by atoms with E-state index >= 15 is 0 Å². The SMILES string of the molecule is CC1CC(NCCOC(N)=O)CN1C. The van der Waals surface area contributed by atoms with E-state index in [2.05, 4.69) is 28.9 Å². The number of hydrogen-bond acceptors (Lipinski definition) is 4. The van der Waals surface area contributed by atoms with Gasteiger partial charge in [-0.2, -0.15) is 0 Å². The number of nitrogens with one attached hydrogen (secondary N) is 1. The molecule has 2 atom stereocenters. The van der Waals surface area contributed by atoms with Gasteiger partial charge in [-0.15, -0.1) is 0 Å². The molecule has 1 aliphatic rings. The average molecular weight is 201 g/mol. The summed E-state index contributed by atoms with van der Waals surface area (Å²) in [7, 11) is 2.12. The number of likely N-dealkylation sites (tertiary alicyclic amines) is 1. The van der Waals surface area contributed by atoms with Crippen molar-refractivity contribution in [1.29, 1.82) is 0 Å². The van der Waals surface area contributed by atoms with Gasteiger partial charge in [-0.25, -0.2) is 4.79 Å². The Morgan fingerprint density at radius 2 is 2.43 bits per heavy atom. The predicted octanol–water partition coefficient (Wildman–Crippen LogP) is -0.236. The third-order valence-corrected chi connectivity index (χ3v) is 2.67. The molecule has 5 nitrogen and oxygen atoms in total. The molecule has 5 heteroatoms. The molecule has 0 spiro atoms. The lowest BCUT2D eigenvalue weighted by atomic mass is 10.2. The Hall–Kier alpha value is -0.810. The molecule has 0 bridgehead atoms. The van der Waals surface area contributed by atoms with Gasteiger partial charge in [0.25, 0.3) is 0 Å². The van der Waals surface area contributed by atoms with E-state index in [4.69, 9.17) is 5.73 Å². The maximum Gasteiger partial charge on any atom is 0.404 e. The molecule has 0 aromatic rings. The fraction of sp³-hybridized carbons (Fsp3) is 0.889. The molecule has 0 aromatic heterocycles. The second-order valence-electron chi connectivity index (χ2n) is 3.84. The van der Waals surface area contributed by atoms with Gasteiger partial charge in [0.15, 0.2) is 0 Å². The van der Waals surface area contributed by atoms with Crippen LogP contribution in [0.3, 0.4) is 0 Å². The standard InChI is InChI=1S/C9H19N3O2/c1-7-5-8(6-12(7)2)11-3-4-14-9(10)13/h7-8,11H,3-6H2,1-2H3,(H2,10,13). The van der Waals surface area contributed by atoms with Crippen LogP contribution in [0, 0.1) is 0 Å². The lowest BCUT2D eigenvalue weighted by Gasteiger charge is -2.13. The summed E-state index contributed by atoms with van der Waals surface area (Å²) in [5.74, 6) is 0. The number of likely N-dealkylation sites (N-methyl/N-ethyl adjacent to an activating group) is 1. The highest BCUT2D eigenvalue weighted by Crippen LogP contribution is 2.14. The monoisotopic (exact) mass is 201 g/mol. The molecule has 14 heavy (non-hydrogen) atoms. The molecule has 1 heterocycles. The van der Waals surface area contributed by atoms with Gasteiger partial charge in [-0.3, -0.25) is 0 Å². The zero-order valence-electron chi connectivity index (χ0n) is 8.82. The molecule has 0 radical (unpaired) electrons. The van der Waals surface area contributed by atoms with E-state index in [1.165, 1.54) is 0 Å². The van der Waals surface area contributed by atoms with Crippen LogP contribution in [0.25, 0.3) is 0 Å². The van der Waals surface area contributed by atoms with E-state index in [1.807, 2.05) is 0 Å². The Balaban J connectivity index is 2.06. The number of ether oxygens (including phenoxy) is 1. The number of rotatable bonds is 4. The number of primary amides is 1. The van der Waals surface area contributed by atoms with Crippen LogP contribution in [0.4, 0.5) is 4.79 Å². The van der Waals surface area contributed by atoms with Crippen LogP contribution >= 0.6 is 0 Å². The second kappa shape index (κ2) is 5.17. The number of carbonyl (C=O) groups is 1. The first-order valence-corrected chi connectivity index (χ1v) is 4.95. The van der Waals surface area contributed by atoms with Gasteiger partial charge in [0.2, 0.25) is 0 Å². The Morgan fingerprint density at radius 3 is 2.93 bits per heavy atom. The summed E-state index contributed by atoms with van der Waals surface area (Å²) < 4.78 is 4.62. The van der Waals surface area contributed by atoms with E-state index in [0.717, 1.165) is 13.0 Å². The maximum absolute atomic E-state index is 10.3. The lowest BCUT2D eigenvalue weighted by molar-refractivity contribution is 0.156. The van der Waals surface area contributed by atoms with Gasteiger partial charge in [0, 0.05) is 25.2 Å². The molecule has 1 rings (SSSR count). The van der Waals surface area contributed by atoms with Gasteiger partial charge in [0.1, 0.15) is 6.61 Å². The van der Waals surface area contributed by atoms with Crippen LogP contribution in [0.2, 0.25) is 0 Å². The normalized spacial score (nSPS) is 27.9. The summed E-state index contributed by atoms with van der Waals surface area (Å²) in [6.07, 6.45) is 0.441. The van der Waals surface area contributed by atoms with Gasteiger partial charge < -0.3 is 20.7 Å². The van der Waals surface area contributed by atoms with E-state index < -0.39 is 6.09 Å². The quantitative estimate of drug-likeness (QED) is 0.616. The molecular weight excluding hydrogens is 182 g/mol. The summed E-state index contributed by atoms with van der Waals surface area (Å²) in [6.45, 7) is 4.29. The molecule has 2 unspecified atom stereocenters. The number of amides is 1. The van der Waals surface area contributed by atoms with Crippen molar-refractivity contribution in [1.82, 2.24) is 10.2 Å². The van der Waals surface area contributed by atoms with Crippen LogP contribution in [0.15, 0.2) is 0 Å². The molecule has 82 valence electrons. The summed E-state index contributed by atoms with van der Waals surface area (Å²) in [6, 6.07) is 1.14. The van der Waals surface area contributed by atoms with Crippen molar-refractivity contribution in [3.8, 4) is 0 Å². The molecule has 3 N–H and O–H groups in total. The molecule has 1 saturated heterocycles. The highest BCUT2D eigenvalue weighted by molar-refractivity contribution is 5.64. The number of nitrogens with two attached hydrogens (primary N) is 1. The van der Waals surface area contributed by atoms with Crippen LogP contribution in [-0.4, -0.2) is 49.8 Å². The smallest absolute Gasteiger partial charge is 0.404 e. The largest absolute Gasteiger partial charge is 0.448 e. The van der Waals surface area contributed by atoms with Crippen molar-refractivity contribution in [3.63, 3.8) is 0 Å². The lowest BCUT2D eigenvalue weighted by Crippen LogP contribution is -2.34. The Bertz CT molecular complexity index is 188. The minimum Gasteiger partial charge on any atom is -0.448 e. The zero-order chi connectivity index (χ0) is 10.6. The van der Waals surface area contributed by atoms with Crippen molar-refractivity contribution < 1.29 is 9.53 Å². The number of hydrogen-bond donors (Lipinski definition) is 2. The predicted molar refractivity (Wildman–Crippen MR) is 54.0 cm³/mol. The average Bonchev–Trinajstić information content (AvgIpc) is 2.40. The molecule has 0 aliphatic carbocycles. The fourth-order valence-electron chi connectivity index (χ4n) is 1.76. The minimum absolute atomic E-state index is 0.351. The zero-order valence-corrected chi connectivity index (χ0v) is 8.82. The summed E-state index contributed by atoms with van der Waals surface area (Å²) in [5, 5.41) is 3.32. The second-order valence-corrected chi connectivity index (χ2v) is 3.84. The van der Waals surface area contributed by atoms with Gasteiger partial charge in [0.05, 0.1) is 0 Å². The first-order valence-electron chi connectivity index (χ1n) is 4.95. The molecule has 1 fully saturated rings. The van der Waals surface area contributed by atoms with Gasteiger partial charge in [-0.1, -0.05) is 0 Å². The van der Waals surface area contributed by atoms with Crippen LogP contribution in [0.5, 0.6) is 0 Å². The van der Waals surface area contributed by atoms with Crippen molar-refractivity contribution >= 4 is 6.09 Å². The third kappa shape index (κ3) is 3.51. The van der Waals surface area contributed by atoms with Crippen molar-refractivity contribution in [3.05, 3.63) is 0 Å². The molecule has 1 aliphatic heterocycles. The Kier molecular flexibility index (Phi) is 4.16. The van der Waals surface area contributed by atoms with E-state index in [9.17, 15) is 4.79 Å². The first kappa shape index (κ1) is 11.3. The summed E-state index contributed by atoms with van der Waals surface area (Å²) in [4.78, 5) is 12.6. The first-order chi connectivity index (χ1) is 6.59. The highest BCUT2D eigenvalue weighted by Gasteiger charge is 2.25. The van der Waals surface area contributed by atoms with Crippen LogP contribution < -0.4 is 11.1 Å². The number of carbonyl (C=O) groups excluding carboxylic acids is 1. The molecule has 0 aromatic carbocycles. The van der Waals surface area contributed by atoms with Gasteiger partial charge in [-0.05, 0) is 20.4 Å². The fourth-order valence-corrected chi connectivity index (χ4v) is 1.76. The molecule has 1 amide bonds. The van der Waals surface area contributed by atoms with Crippen molar-refractivity contribution in [2.24, 2.45) is 5.73 Å². The Labute approximate surface area is 84.6 Å². The Morgan fingerprint density at radius 1 is 1.71 bits per heavy atom. The van der Waals surface area contributed by atoms with E-state index in [-0.39, 0.29) is 0 Å². The van der Waals surface area contributed by atoms with Crippen molar-refractivity contribution in [2.45, 2.75) is 25.4 Å². The highest BCUT2D eigenvalue weighted by atomic mass is 16.5. The number of nitrogens with zero attached hydrogens (tertiary/aromatic N) is 1. The van der Waals surface area contributed by atoms with Crippen LogP contribution in [-0.2, 0) is 4.74 Å². The maximum atomic E-state index is 10.3. The van der Waals surface area contributed by atoms with Gasteiger partial charge >= 0.3 is 6.09 Å². The molecule has 0 saturated carbocycles. The summed E-state index contributed by atoms with van der Waals surface area (Å²) >= 11 is 0. The topological polar surface area (TPSA) is 67.6 Å². The summed E-state index contributed by atoms with van der Waals surface area (Å²) in [5.41, 5.74) is 4.83. The van der Waals surface area contributed by atoms with Crippen LogP contribution in [0.1, 0.15) is 13.3 Å². The van der Waals surface area contributed by atoms with E-state index in [0.29, 0.717) is 25.2 Å². The van der Waals surface area contributed by atoms with Crippen molar-refractivity contribution in [2.75, 3.05) is 26.7 Å². The minimum atomic E-state index is -0.705. The molecular formula is C9H19N3O2. The van der Waals surface area contributed by atoms with E-state index in [1.54, 1.807) is 0 Å². The third-order valence-electron chi connectivity index (χ3n) is 2.67.